The van der Waals surface area contributed by atoms with Gasteiger partial charge in [0.15, 0.2) is 18.1 Å². The van der Waals surface area contributed by atoms with Crippen molar-refractivity contribution in [3.63, 3.8) is 0 Å². The predicted molar refractivity (Wildman–Crippen MR) is 94.4 cm³/mol. The molecule has 0 aromatic heterocycles. The Labute approximate surface area is 151 Å². The van der Waals surface area contributed by atoms with Crippen LogP contribution in [-0.4, -0.2) is 43.6 Å². The van der Waals surface area contributed by atoms with Crippen molar-refractivity contribution in [2.75, 3.05) is 26.9 Å². The van der Waals surface area contributed by atoms with Crippen LogP contribution in [0.2, 0.25) is 0 Å². The average molecular weight is 356 g/mol. The fourth-order valence-corrected chi connectivity index (χ4v) is 2.52. The lowest BCUT2D eigenvalue weighted by molar-refractivity contribution is -0.132. The quantitative estimate of drug-likeness (QED) is 0.849. The Hall–Kier alpha value is -3.22. The molecular formula is C19H20N2O5. The van der Waals surface area contributed by atoms with Crippen LogP contribution in [0.15, 0.2) is 42.5 Å². The molecule has 0 aliphatic carbocycles. The molecule has 0 radical (unpaired) electrons. The maximum atomic E-state index is 12.3. The fraction of sp³-hybridized carbons (Fsp3) is 0.263. The topological polar surface area (TPSA) is 91.1 Å². The van der Waals surface area contributed by atoms with Crippen LogP contribution in [-0.2, 0) is 11.3 Å². The number of hydrogen-bond donors (Lipinski definition) is 1. The minimum Gasteiger partial charge on any atom is -0.486 e. The molecule has 7 heteroatoms. The van der Waals surface area contributed by atoms with Crippen molar-refractivity contribution in [2.45, 2.75) is 6.54 Å². The molecule has 1 aliphatic heterocycles. The summed E-state index contributed by atoms with van der Waals surface area (Å²) in [5.41, 5.74) is 6.51. The van der Waals surface area contributed by atoms with Crippen molar-refractivity contribution >= 4 is 11.8 Å². The number of likely N-dealkylation sites (N-methyl/N-ethyl adjacent to an activating group) is 1. The highest BCUT2D eigenvalue weighted by Gasteiger charge is 2.15. The van der Waals surface area contributed by atoms with Crippen molar-refractivity contribution in [3.8, 4) is 17.2 Å². The maximum Gasteiger partial charge on any atom is 0.260 e. The molecule has 136 valence electrons. The minimum atomic E-state index is -0.508. The van der Waals surface area contributed by atoms with Crippen LogP contribution in [0.5, 0.6) is 17.2 Å². The lowest BCUT2D eigenvalue weighted by atomic mass is 10.2. The fourth-order valence-electron chi connectivity index (χ4n) is 2.52. The number of amides is 2. The lowest BCUT2D eigenvalue weighted by Gasteiger charge is -2.21. The van der Waals surface area contributed by atoms with Crippen molar-refractivity contribution in [2.24, 2.45) is 5.73 Å². The normalized spacial score (nSPS) is 12.3. The van der Waals surface area contributed by atoms with E-state index in [1.54, 1.807) is 36.2 Å². The molecule has 1 heterocycles. The number of ether oxygens (including phenoxy) is 3. The number of nitrogens with zero attached hydrogens (tertiary/aromatic N) is 1. The van der Waals surface area contributed by atoms with Gasteiger partial charge in [0, 0.05) is 19.2 Å². The minimum absolute atomic E-state index is 0.100. The van der Waals surface area contributed by atoms with Crippen LogP contribution in [0.1, 0.15) is 15.9 Å². The van der Waals surface area contributed by atoms with Gasteiger partial charge in [-0.25, -0.2) is 0 Å². The molecule has 26 heavy (non-hydrogen) atoms. The second-order valence-corrected chi connectivity index (χ2v) is 5.91. The summed E-state index contributed by atoms with van der Waals surface area (Å²) < 4.78 is 16.5. The van der Waals surface area contributed by atoms with Gasteiger partial charge in [-0.1, -0.05) is 6.07 Å². The number of carbonyl (C=O) groups is 2. The van der Waals surface area contributed by atoms with E-state index in [0.29, 0.717) is 36.8 Å². The Morgan fingerprint density at radius 2 is 1.77 bits per heavy atom. The summed E-state index contributed by atoms with van der Waals surface area (Å²) in [7, 11) is 1.71. The van der Waals surface area contributed by atoms with Gasteiger partial charge in [-0.3, -0.25) is 9.59 Å². The SMILES string of the molecule is CN(Cc1ccc2c(c1)OCCO2)C(=O)COc1ccc(C(N)=O)cc1. The monoisotopic (exact) mass is 356 g/mol. The van der Waals surface area contributed by atoms with E-state index in [1.807, 2.05) is 18.2 Å². The van der Waals surface area contributed by atoms with E-state index in [2.05, 4.69) is 0 Å². The number of rotatable bonds is 6. The second kappa shape index (κ2) is 7.77. The highest BCUT2D eigenvalue weighted by molar-refractivity contribution is 5.92. The van der Waals surface area contributed by atoms with Gasteiger partial charge in [0.05, 0.1) is 0 Å². The molecule has 0 saturated heterocycles. The zero-order chi connectivity index (χ0) is 18.5. The zero-order valence-corrected chi connectivity index (χ0v) is 14.4. The molecule has 0 atom stereocenters. The first-order valence-corrected chi connectivity index (χ1v) is 8.18. The number of carbonyl (C=O) groups excluding carboxylic acids is 2. The summed E-state index contributed by atoms with van der Waals surface area (Å²) in [5.74, 6) is 1.24. The summed E-state index contributed by atoms with van der Waals surface area (Å²) in [4.78, 5) is 24.9. The predicted octanol–water partition coefficient (Wildman–Crippen LogP) is 1.59. The summed E-state index contributed by atoms with van der Waals surface area (Å²) in [6, 6.07) is 12.0. The molecule has 2 aromatic carbocycles. The van der Waals surface area contributed by atoms with Crippen LogP contribution in [0.3, 0.4) is 0 Å². The van der Waals surface area contributed by atoms with Crippen molar-refractivity contribution in [1.29, 1.82) is 0 Å². The van der Waals surface area contributed by atoms with E-state index < -0.39 is 5.91 Å². The van der Waals surface area contributed by atoms with Gasteiger partial charge >= 0.3 is 0 Å². The smallest absolute Gasteiger partial charge is 0.260 e. The zero-order valence-electron chi connectivity index (χ0n) is 14.4. The Morgan fingerprint density at radius 1 is 1.08 bits per heavy atom. The van der Waals surface area contributed by atoms with Gasteiger partial charge in [0.25, 0.3) is 5.91 Å². The summed E-state index contributed by atoms with van der Waals surface area (Å²) in [6.07, 6.45) is 0. The van der Waals surface area contributed by atoms with Crippen LogP contribution >= 0.6 is 0 Å². The standard InChI is InChI=1S/C19H20N2O5/c1-21(11-13-2-7-16-17(10-13)25-9-8-24-16)18(22)12-26-15-5-3-14(4-6-15)19(20)23/h2-7,10H,8-9,11-12H2,1H3,(H2,20,23). The highest BCUT2D eigenvalue weighted by atomic mass is 16.6. The number of nitrogens with two attached hydrogens (primary N) is 1. The Kier molecular flexibility index (Phi) is 5.26. The van der Waals surface area contributed by atoms with Gasteiger partial charge in [-0.2, -0.15) is 0 Å². The molecule has 0 spiro atoms. The average Bonchev–Trinajstić information content (AvgIpc) is 2.66. The van der Waals surface area contributed by atoms with E-state index >= 15 is 0 Å². The Balaban J connectivity index is 1.53. The third-order valence-corrected chi connectivity index (χ3v) is 3.95. The third-order valence-electron chi connectivity index (χ3n) is 3.95. The van der Waals surface area contributed by atoms with E-state index in [9.17, 15) is 9.59 Å². The lowest BCUT2D eigenvalue weighted by Crippen LogP contribution is -2.31. The third kappa shape index (κ3) is 4.24. The first kappa shape index (κ1) is 17.6. The molecule has 7 nitrogen and oxygen atoms in total. The van der Waals surface area contributed by atoms with Gasteiger partial charge in [-0.05, 0) is 42.0 Å². The van der Waals surface area contributed by atoms with E-state index in [4.69, 9.17) is 19.9 Å². The van der Waals surface area contributed by atoms with E-state index in [0.717, 1.165) is 11.3 Å². The number of fused-ring (bicyclic) bond motifs is 1. The molecule has 2 aromatic rings. The highest BCUT2D eigenvalue weighted by Crippen LogP contribution is 2.31. The molecule has 3 rings (SSSR count). The molecule has 0 fully saturated rings. The first-order valence-electron chi connectivity index (χ1n) is 8.18. The summed E-state index contributed by atoms with van der Waals surface area (Å²) in [6.45, 7) is 1.40. The first-order chi connectivity index (χ1) is 12.5. The number of primary amides is 1. The van der Waals surface area contributed by atoms with Crippen LogP contribution in [0.4, 0.5) is 0 Å². The van der Waals surface area contributed by atoms with Crippen molar-refractivity contribution in [1.82, 2.24) is 4.90 Å². The van der Waals surface area contributed by atoms with Gasteiger partial charge in [0.2, 0.25) is 5.91 Å². The van der Waals surface area contributed by atoms with Gasteiger partial charge in [-0.15, -0.1) is 0 Å². The summed E-state index contributed by atoms with van der Waals surface area (Å²) >= 11 is 0. The van der Waals surface area contributed by atoms with Gasteiger partial charge < -0.3 is 24.8 Å². The Bertz CT molecular complexity index is 804. The molecule has 2 amide bonds. The largest absolute Gasteiger partial charge is 0.486 e. The maximum absolute atomic E-state index is 12.3. The van der Waals surface area contributed by atoms with E-state index in [-0.39, 0.29) is 12.5 Å². The van der Waals surface area contributed by atoms with E-state index in [1.165, 1.54) is 0 Å². The van der Waals surface area contributed by atoms with Crippen LogP contribution in [0.25, 0.3) is 0 Å². The van der Waals surface area contributed by atoms with Gasteiger partial charge in [0.1, 0.15) is 19.0 Å². The van der Waals surface area contributed by atoms with Crippen molar-refractivity contribution in [3.05, 3.63) is 53.6 Å². The number of benzene rings is 2. The molecule has 0 saturated carbocycles. The van der Waals surface area contributed by atoms with Crippen molar-refractivity contribution < 1.29 is 23.8 Å². The molecule has 0 unspecified atom stereocenters. The molecule has 1 aliphatic rings. The Morgan fingerprint density at radius 3 is 2.46 bits per heavy atom. The summed E-state index contributed by atoms with van der Waals surface area (Å²) in [5, 5.41) is 0. The molecular weight excluding hydrogens is 336 g/mol. The molecule has 0 bridgehead atoms. The number of hydrogen-bond acceptors (Lipinski definition) is 5. The second-order valence-electron chi connectivity index (χ2n) is 5.91. The van der Waals surface area contributed by atoms with Crippen LogP contribution < -0.4 is 19.9 Å². The van der Waals surface area contributed by atoms with Crippen LogP contribution in [0, 0.1) is 0 Å². The molecule has 2 N–H and O–H groups in total.